The van der Waals surface area contributed by atoms with Crippen molar-refractivity contribution in [1.82, 2.24) is 0 Å². The SMILES string of the molecule is Cc1cccc(N/N=C\c2ccc(F)c(Br)c2)c1. The number of anilines is 1. The van der Waals surface area contributed by atoms with Crippen LogP contribution in [-0.2, 0) is 0 Å². The maximum absolute atomic E-state index is 13.0. The molecule has 0 heterocycles. The van der Waals surface area contributed by atoms with Gasteiger partial charge in [0, 0.05) is 0 Å². The van der Waals surface area contributed by atoms with E-state index in [9.17, 15) is 4.39 Å². The van der Waals surface area contributed by atoms with Crippen molar-refractivity contribution in [3.05, 3.63) is 63.9 Å². The molecule has 0 unspecified atom stereocenters. The predicted molar refractivity (Wildman–Crippen MR) is 76.5 cm³/mol. The summed E-state index contributed by atoms with van der Waals surface area (Å²) in [4.78, 5) is 0. The zero-order valence-electron chi connectivity index (χ0n) is 9.82. The molecule has 2 aromatic carbocycles. The Morgan fingerprint density at radius 1 is 1.22 bits per heavy atom. The number of hydrazone groups is 1. The van der Waals surface area contributed by atoms with Crippen molar-refractivity contribution in [2.45, 2.75) is 6.92 Å². The van der Waals surface area contributed by atoms with Crippen molar-refractivity contribution in [2.75, 3.05) is 5.43 Å². The van der Waals surface area contributed by atoms with Gasteiger partial charge in [-0.2, -0.15) is 5.10 Å². The molecule has 2 nitrogen and oxygen atoms in total. The van der Waals surface area contributed by atoms with Gasteiger partial charge in [-0.15, -0.1) is 0 Å². The molecule has 18 heavy (non-hydrogen) atoms. The van der Waals surface area contributed by atoms with Crippen LogP contribution >= 0.6 is 15.9 Å². The Hall–Kier alpha value is -1.68. The third kappa shape index (κ3) is 3.40. The van der Waals surface area contributed by atoms with Gasteiger partial charge in [0.25, 0.3) is 0 Å². The van der Waals surface area contributed by atoms with Gasteiger partial charge in [-0.25, -0.2) is 4.39 Å². The molecule has 0 radical (unpaired) electrons. The Morgan fingerprint density at radius 3 is 2.78 bits per heavy atom. The zero-order valence-corrected chi connectivity index (χ0v) is 11.4. The summed E-state index contributed by atoms with van der Waals surface area (Å²) in [5, 5.41) is 4.11. The Labute approximate surface area is 114 Å². The summed E-state index contributed by atoms with van der Waals surface area (Å²) in [5.74, 6) is -0.279. The smallest absolute Gasteiger partial charge is 0.137 e. The van der Waals surface area contributed by atoms with Gasteiger partial charge in [-0.1, -0.05) is 18.2 Å². The van der Waals surface area contributed by atoms with Gasteiger partial charge in [0.1, 0.15) is 5.82 Å². The average molecular weight is 307 g/mol. The second-order valence-electron chi connectivity index (χ2n) is 3.91. The molecular formula is C14H12BrFN2. The minimum atomic E-state index is -0.279. The third-order valence-corrected chi connectivity index (χ3v) is 2.98. The van der Waals surface area contributed by atoms with Gasteiger partial charge in [0.15, 0.2) is 0 Å². The Balaban J connectivity index is 2.05. The molecular weight excluding hydrogens is 295 g/mol. The average Bonchev–Trinajstić information content (AvgIpc) is 2.34. The highest BCUT2D eigenvalue weighted by Gasteiger charge is 1.98. The van der Waals surface area contributed by atoms with Crippen molar-refractivity contribution in [3.8, 4) is 0 Å². The molecule has 0 bridgehead atoms. The lowest BCUT2D eigenvalue weighted by molar-refractivity contribution is 0.621. The number of hydrogen-bond acceptors (Lipinski definition) is 2. The second kappa shape index (κ2) is 5.78. The lowest BCUT2D eigenvalue weighted by Gasteiger charge is -2.01. The van der Waals surface area contributed by atoms with E-state index < -0.39 is 0 Å². The fraction of sp³-hybridized carbons (Fsp3) is 0.0714. The molecule has 0 saturated heterocycles. The van der Waals surface area contributed by atoms with Crippen LogP contribution < -0.4 is 5.43 Å². The molecule has 2 aromatic rings. The van der Waals surface area contributed by atoms with E-state index >= 15 is 0 Å². The summed E-state index contributed by atoms with van der Waals surface area (Å²) >= 11 is 3.14. The molecule has 0 aliphatic carbocycles. The highest BCUT2D eigenvalue weighted by Crippen LogP contribution is 2.16. The van der Waals surface area contributed by atoms with Crippen molar-refractivity contribution in [1.29, 1.82) is 0 Å². The number of nitrogens with zero attached hydrogens (tertiary/aromatic N) is 1. The van der Waals surface area contributed by atoms with Crippen molar-refractivity contribution >= 4 is 27.8 Å². The summed E-state index contributed by atoms with van der Waals surface area (Å²) in [7, 11) is 0. The van der Waals surface area contributed by atoms with Crippen LogP contribution in [0.2, 0.25) is 0 Å². The molecule has 0 fully saturated rings. The molecule has 4 heteroatoms. The van der Waals surface area contributed by atoms with E-state index in [2.05, 4.69) is 26.5 Å². The van der Waals surface area contributed by atoms with E-state index in [-0.39, 0.29) is 5.82 Å². The first-order valence-electron chi connectivity index (χ1n) is 5.46. The molecule has 1 N–H and O–H groups in total. The van der Waals surface area contributed by atoms with Crippen molar-refractivity contribution < 1.29 is 4.39 Å². The maximum atomic E-state index is 13.0. The lowest BCUT2D eigenvalue weighted by Crippen LogP contribution is -1.91. The Kier molecular flexibility index (Phi) is 4.10. The lowest BCUT2D eigenvalue weighted by atomic mass is 10.2. The topological polar surface area (TPSA) is 24.4 Å². The molecule has 0 saturated carbocycles. The van der Waals surface area contributed by atoms with Crippen LogP contribution in [0.15, 0.2) is 52.0 Å². The molecule has 0 atom stereocenters. The van der Waals surface area contributed by atoms with Gasteiger partial charge in [0.05, 0.1) is 16.4 Å². The first-order valence-corrected chi connectivity index (χ1v) is 6.25. The number of aryl methyl sites for hydroxylation is 1. The first kappa shape index (κ1) is 12.8. The summed E-state index contributed by atoms with van der Waals surface area (Å²) in [5.41, 5.74) is 5.84. The van der Waals surface area contributed by atoms with Crippen LogP contribution in [-0.4, -0.2) is 6.21 Å². The van der Waals surface area contributed by atoms with Crippen LogP contribution in [0.1, 0.15) is 11.1 Å². The summed E-state index contributed by atoms with van der Waals surface area (Å²) in [6.07, 6.45) is 1.65. The van der Waals surface area contributed by atoms with Crippen LogP contribution in [0.25, 0.3) is 0 Å². The number of nitrogens with one attached hydrogen (secondary N) is 1. The van der Waals surface area contributed by atoms with E-state index in [1.165, 1.54) is 11.6 Å². The minimum absolute atomic E-state index is 0.279. The van der Waals surface area contributed by atoms with E-state index in [0.717, 1.165) is 11.3 Å². The Bertz CT molecular complexity index is 582. The summed E-state index contributed by atoms with van der Waals surface area (Å²) < 4.78 is 13.5. The highest BCUT2D eigenvalue weighted by molar-refractivity contribution is 9.10. The monoisotopic (exact) mass is 306 g/mol. The normalized spacial score (nSPS) is 10.8. The standard InChI is InChI=1S/C14H12BrFN2/c1-10-3-2-4-12(7-10)18-17-9-11-5-6-14(16)13(15)8-11/h2-9,18H,1H3/b17-9-. The van der Waals surface area contributed by atoms with Crippen LogP contribution in [0.4, 0.5) is 10.1 Å². The molecule has 0 spiro atoms. The van der Waals surface area contributed by atoms with Gasteiger partial charge in [0.2, 0.25) is 0 Å². The van der Waals surface area contributed by atoms with E-state index in [0.29, 0.717) is 4.47 Å². The third-order valence-electron chi connectivity index (χ3n) is 2.37. The highest BCUT2D eigenvalue weighted by atomic mass is 79.9. The zero-order chi connectivity index (χ0) is 13.0. The van der Waals surface area contributed by atoms with E-state index in [1.807, 2.05) is 31.2 Å². The van der Waals surface area contributed by atoms with Gasteiger partial charge < -0.3 is 0 Å². The number of rotatable bonds is 3. The quantitative estimate of drug-likeness (QED) is 0.662. The minimum Gasteiger partial charge on any atom is -0.278 e. The van der Waals surface area contributed by atoms with Gasteiger partial charge in [-0.3, -0.25) is 5.43 Å². The first-order chi connectivity index (χ1) is 8.65. The van der Waals surface area contributed by atoms with E-state index in [1.54, 1.807) is 18.3 Å². The molecule has 2 rings (SSSR count). The number of hydrogen-bond donors (Lipinski definition) is 1. The molecule has 0 amide bonds. The van der Waals surface area contributed by atoms with Gasteiger partial charge in [-0.05, 0) is 58.2 Å². The fourth-order valence-electron chi connectivity index (χ4n) is 1.49. The second-order valence-corrected chi connectivity index (χ2v) is 4.77. The van der Waals surface area contributed by atoms with Crippen LogP contribution in [0, 0.1) is 12.7 Å². The van der Waals surface area contributed by atoms with Crippen molar-refractivity contribution in [2.24, 2.45) is 5.10 Å². The number of halogens is 2. The van der Waals surface area contributed by atoms with Crippen molar-refractivity contribution in [3.63, 3.8) is 0 Å². The maximum Gasteiger partial charge on any atom is 0.137 e. The summed E-state index contributed by atoms with van der Waals surface area (Å²) in [6, 6.07) is 12.7. The molecule has 0 aliphatic heterocycles. The van der Waals surface area contributed by atoms with E-state index in [4.69, 9.17) is 0 Å². The fourth-order valence-corrected chi connectivity index (χ4v) is 1.89. The number of benzene rings is 2. The predicted octanol–water partition coefficient (Wildman–Crippen LogP) is 4.34. The Morgan fingerprint density at radius 2 is 2.06 bits per heavy atom. The molecule has 0 aliphatic rings. The molecule has 0 aromatic heterocycles. The van der Waals surface area contributed by atoms with Gasteiger partial charge >= 0.3 is 0 Å². The molecule has 92 valence electrons. The van der Waals surface area contributed by atoms with Crippen LogP contribution in [0.5, 0.6) is 0 Å². The summed E-state index contributed by atoms with van der Waals surface area (Å²) in [6.45, 7) is 2.02. The largest absolute Gasteiger partial charge is 0.278 e. The van der Waals surface area contributed by atoms with Crippen LogP contribution in [0.3, 0.4) is 0 Å².